The van der Waals surface area contributed by atoms with Crippen molar-refractivity contribution in [1.82, 2.24) is 10.3 Å². The number of rotatable bonds is 7. The van der Waals surface area contributed by atoms with Gasteiger partial charge >= 0.3 is 0 Å². The van der Waals surface area contributed by atoms with Crippen LogP contribution in [0.3, 0.4) is 0 Å². The van der Waals surface area contributed by atoms with Gasteiger partial charge in [-0.25, -0.2) is 4.98 Å². The number of ether oxygens (including phenoxy) is 1. The highest BCUT2D eigenvalue weighted by atomic mass is 32.1. The summed E-state index contributed by atoms with van der Waals surface area (Å²) in [6.45, 7) is 10.4. The summed E-state index contributed by atoms with van der Waals surface area (Å²) in [4.78, 5) is 8.64. The largest absolute Gasteiger partial charge is 0.378 e. The van der Waals surface area contributed by atoms with E-state index in [0.29, 0.717) is 12.6 Å². The number of thiazole rings is 1. The SMILES string of the molecule is CCC1CCCN(c2nc(COC)c(CNC(C)C)s2)C1. The summed E-state index contributed by atoms with van der Waals surface area (Å²) in [5.74, 6) is 0.825. The summed E-state index contributed by atoms with van der Waals surface area (Å²) in [5, 5.41) is 4.67. The molecule has 0 aromatic carbocycles. The fourth-order valence-corrected chi connectivity index (χ4v) is 3.81. The number of methoxy groups -OCH3 is 1. The maximum atomic E-state index is 5.32. The van der Waals surface area contributed by atoms with E-state index in [-0.39, 0.29) is 0 Å². The second kappa shape index (κ2) is 8.11. The number of hydrogen-bond donors (Lipinski definition) is 1. The van der Waals surface area contributed by atoms with Crippen molar-refractivity contribution in [3.05, 3.63) is 10.6 Å². The van der Waals surface area contributed by atoms with Gasteiger partial charge in [0.15, 0.2) is 5.13 Å². The third-order valence-corrected chi connectivity index (χ3v) is 5.24. The van der Waals surface area contributed by atoms with Crippen LogP contribution in [0, 0.1) is 5.92 Å². The molecule has 2 heterocycles. The number of hydrogen-bond acceptors (Lipinski definition) is 5. The topological polar surface area (TPSA) is 37.4 Å². The number of nitrogens with zero attached hydrogens (tertiary/aromatic N) is 2. The molecule has 5 heteroatoms. The van der Waals surface area contributed by atoms with E-state index < -0.39 is 0 Å². The van der Waals surface area contributed by atoms with Gasteiger partial charge in [-0.3, -0.25) is 0 Å². The van der Waals surface area contributed by atoms with Crippen LogP contribution >= 0.6 is 11.3 Å². The van der Waals surface area contributed by atoms with E-state index in [0.717, 1.165) is 31.2 Å². The van der Waals surface area contributed by atoms with Crippen LogP contribution in [0.4, 0.5) is 5.13 Å². The monoisotopic (exact) mass is 311 g/mol. The fraction of sp³-hybridized carbons (Fsp3) is 0.812. The summed E-state index contributed by atoms with van der Waals surface area (Å²) in [5.41, 5.74) is 1.10. The highest BCUT2D eigenvalue weighted by molar-refractivity contribution is 7.15. The van der Waals surface area contributed by atoms with Crippen molar-refractivity contribution in [2.75, 3.05) is 25.1 Å². The first kappa shape index (κ1) is 16.7. The van der Waals surface area contributed by atoms with Crippen LogP contribution in [0.5, 0.6) is 0 Å². The van der Waals surface area contributed by atoms with Crippen molar-refractivity contribution in [1.29, 1.82) is 0 Å². The van der Waals surface area contributed by atoms with E-state index in [2.05, 4.69) is 31.0 Å². The summed E-state index contributed by atoms with van der Waals surface area (Å²) < 4.78 is 5.32. The van der Waals surface area contributed by atoms with E-state index in [1.807, 2.05) is 11.3 Å². The summed E-state index contributed by atoms with van der Waals surface area (Å²) in [7, 11) is 1.74. The Hall–Kier alpha value is -0.650. The number of nitrogens with one attached hydrogen (secondary N) is 1. The van der Waals surface area contributed by atoms with Gasteiger partial charge in [-0.1, -0.05) is 27.2 Å². The summed E-state index contributed by atoms with van der Waals surface area (Å²) in [6, 6.07) is 0.491. The minimum atomic E-state index is 0.491. The van der Waals surface area contributed by atoms with Crippen molar-refractivity contribution >= 4 is 16.5 Å². The van der Waals surface area contributed by atoms with Gasteiger partial charge in [-0.2, -0.15) is 0 Å². The molecule has 1 N–H and O–H groups in total. The van der Waals surface area contributed by atoms with Crippen molar-refractivity contribution < 1.29 is 4.74 Å². The molecule has 0 bridgehead atoms. The van der Waals surface area contributed by atoms with Crippen molar-refractivity contribution in [3.8, 4) is 0 Å². The van der Waals surface area contributed by atoms with E-state index in [1.165, 1.54) is 29.3 Å². The Morgan fingerprint density at radius 1 is 1.48 bits per heavy atom. The molecule has 2 rings (SSSR count). The van der Waals surface area contributed by atoms with Gasteiger partial charge in [-0.15, -0.1) is 11.3 Å². The Bertz CT molecular complexity index is 433. The molecule has 0 saturated carbocycles. The van der Waals surface area contributed by atoms with E-state index >= 15 is 0 Å². The molecule has 0 spiro atoms. The lowest BCUT2D eigenvalue weighted by Crippen LogP contribution is -2.35. The lowest BCUT2D eigenvalue weighted by Gasteiger charge is -2.31. The third kappa shape index (κ3) is 4.66. The second-order valence-corrected chi connectivity index (χ2v) is 7.26. The predicted octanol–water partition coefficient (Wildman–Crippen LogP) is 3.41. The van der Waals surface area contributed by atoms with Gasteiger partial charge in [0.25, 0.3) is 0 Å². The first-order valence-electron chi connectivity index (χ1n) is 8.09. The normalized spacial score (nSPS) is 19.5. The molecule has 1 aliphatic heterocycles. The number of anilines is 1. The average Bonchev–Trinajstić information content (AvgIpc) is 2.89. The van der Waals surface area contributed by atoms with Crippen LogP contribution in [0.25, 0.3) is 0 Å². The first-order chi connectivity index (χ1) is 10.1. The van der Waals surface area contributed by atoms with Crippen LogP contribution in [0.1, 0.15) is 50.6 Å². The Kier molecular flexibility index (Phi) is 6.45. The second-order valence-electron chi connectivity index (χ2n) is 6.20. The van der Waals surface area contributed by atoms with Gasteiger partial charge in [0.1, 0.15) is 0 Å². The molecule has 0 amide bonds. The smallest absolute Gasteiger partial charge is 0.185 e. The standard InChI is InChI=1S/C16H29N3OS/c1-5-13-7-6-8-19(10-13)16-18-14(11-20-4)15(21-16)9-17-12(2)3/h12-13,17H,5-11H2,1-4H3. The molecule has 0 radical (unpaired) electrons. The van der Waals surface area contributed by atoms with Crippen molar-refractivity contribution in [2.45, 2.75) is 59.2 Å². The Balaban J connectivity index is 2.10. The highest BCUT2D eigenvalue weighted by Crippen LogP contribution is 2.31. The van der Waals surface area contributed by atoms with E-state index in [4.69, 9.17) is 9.72 Å². The van der Waals surface area contributed by atoms with Gasteiger partial charge in [-0.05, 0) is 18.8 Å². The zero-order valence-corrected chi connectivity index (χ0v) is 14.6. The summed E-state index contributed by atoms with van der Waals surface area (Å²) >= 11 is 1.83. The molecule has 120 valence electrons. The maximum absolute atomic E-state index is 5.32. The third-order valence-electron chi connectivity index (χ3n) is 4.09. The molecule has 1 aliphatic rings. The molecule has 1 aromatic rings. The van der Waals surface area contributed by atoms with Crippen LogP contribution in [-0.2, 0) is 17.9 Å². The van der Waals surface area contributed by atoms with E-state index in [9.17, 15) is 0 Å². The Morgan fingerprint density at radius 2 is 2.29 bits per heavy atom. The molecule has 1 unspecified atom stereocenters. The number of aromatic nitrogens is 1. The predicted molar refractivity (Wildman–Crippen MR) is 90.0 cm³/mol. The van der Waals surface area contributed by atoms with Crippen LogP contribution in [-0.4, -0.2) is 31.2 Å². The Labute approximate surface area is 132 Å². The molecule has 1 aromatic heterocycles. The van der Waals surface area contributed by atoms with Gasteiger partial charge in [0.05, 0.1) is 12.3 Å². The minimum absolute atomic E-state index is 0.491. The minimum Gasteiger partial charge on any atom is -0.378 e. The van der Waals surface area contributed by atoms with Crippen LogP contribution in [0.2, 0.25) is 0 Å². The first-order valence-corrected chi connectivity index (χ1v) is 8.91. The lowest BCUT2D eigenvalue weighted by molar-refractivity contribution is 0.181. The molecule has 1 fully saturated rings. The zero-order valence-electron chi connectivity index (χ0n) is 13.8. The molecule has 1 saturated heterocycles. The maximum Gasteiger partial charge on any atom is 0.185 e. The molecular formula is C16H29N3OS. The van der Waals surface area contributed by atoms with Crippen LogP contribution in [0.15, 0.2) is 0 Å². The van der Waals surface area contributed by atoms with Crippen molar-refractivity contribution in [2.24, 2.45) is 5.92 Å². The van der Waals surface area contributed by atoms with Crippen molar-refractivity contribution in [3.63, 3.8) is 0 Å². The fourth-order valence-electron chi connectivity index (χ4n) is 2.76. The van der Waals surface area contributed by atoms with Crippen LogP contribution < -0.4 is 10.2 Å². The average molecular weight is 311 g/mol. The van der Waals surface area contributed by atoms with E-state index in [1.54, 1.807) is 7.11 Å². The quantitative estimate of drug-likeness (QED) is 0.837. The molecule has 4 nitrogen and oxygen atoms in total. The van der Waals surface area contributed by atoms with Gasteiger partial charge in [0, 0.05) is 37.7 Å². The lowest BCUT2D eigenvalue weighted by atomic mass is 9.96. The Morgan fingerprint density at radius 3 is 2.95 bits per heavy atom. The summed E-state index contributed by atoms with van der Waals surface area (Å²) in [6.07, 6.45) is 3.93. The molecular weight excluding hydrogens is 282 g/mol. The molecule has 1 atom stereocenters. The highest BCUT2D eigenvalue weighted by Gasteiger charge is 2.22. The van der Waals surface area contributed by atoms with Gasteiger partial charge < -0.3 is 15.0 Å². The number of piperidine rings is 1. The van der Waals surface area contributed by atoms with Gasteiger partial charge in [0.2, 0.25) is 0 Å². The zero-order chi connectivity index (χ0) is 15.2. The molecule has 21 heavy (non-hydrogen) atoms. The molecule has 0 aliphatic carbocycles.